The van der Waals surface area contributed by atoms with Crippen molar-refractivity contribution < 1.29 is 13.2 Å². The molecule has 0 spiro atoms. The standard InChI is InChI=1S/C23H21F3N8S/c24-23(25,26)18-15(4-3-8-29-18)35-17-10-30-19-20(31-17)33-21(32-19)34-9-6-13-14(11-34)22(13,12-27)16-5-1-2-7-28-16/h1-5,7-8,10,13-14H,6,9,11-12,27H2,(H,30,31,32,33)/t13-,14+,22+/m1/s1. The van der Waals surface area contributed by atoms with E-state index in [2.05, 4.69) is 40.9 Å². The predicted molar refractivity (Wildman–Crippen MR) is 124 cm³/mol. The molecule has 0 aromatic carbocycles. The Bertz CT molecular complexity index is 1380. The lowest BCUT2D eigenvalue weighted by molar-refractivity contribution is -0.143. The number of imidazole rings is 1. The average molecular weight is 499 g/mol. The third kappa shape index (κ3) is 3.71. The van der Waals surface area contributed by atoms with Crippen LogP contribution in [0, 0.1) is 11.8 Å². The number of rotatable bonds is 5. The molecule has 0 radical (unpaired) electrons. The molecule has 1 saturated carbocycles. The van der Waals surface area contributed by atoms with Gasteiger partial charge in [0.2, 0.25) is 5.95 Å². The van der Waals surface area contributed by atoms with E-state index in [0.29, 0.717) is 40.6 Å². The molecule has 6 rings (SSSR count). The summed E-state index contributed by atoms with van der Waals surface area (Å²) in [5.74, 6) is 1.52. The van der Waals surface area contributed by atoms with Crippen molar-refractivity contribution in [2.24, 2.45) is 17.6 Å². The summed E-state index contributed by atoms with van der Waals surface area (Å²) in [5.41, 5.74) is 7.08. The van der Waals surface area contributed by atoms with Gasteiger partial charge in [0.15, 0.2) is 17.0 Å². The molecule has 0 amide bonds. The maximum absolute atomic E-state index is 13.3. The van der Waals surface area contributed by atoms with Gasteiger partial charge in [-0.25, -0.2) is 9.97 Å². The molecule has 1 aliphatic heterocycles. The number of H-pyrrole nitrogens is 1. The number of aromatic amines is 1. The fourth-order valence-corrected chi connectivity index (χ4v) is 6.24. The Kier molecular flexibility index (Phi) is 5.18. The third-order valence-electron chi connectivity index (χ3n) is 7.03. The largest absolute Gasteiger partial charge is 0.434 e. The summed E-state index contributed by atoms with van der Waals surface area (Å²) < 4.78 is 39.9. The minimum Gasteiger partial charge on any atom is -0.342 e. The average Bonchev–Trinajstić information content (AvgIpc) is 3.33. The lowest BCUT2D eigenvalue weighted by Crippen LogP contribution is -2.32. The van der Waals surface area contributed by atoms with E-state index in [1.807, 2.05) is 18.3 Å². The lowest BCUT2D eigenvalue weighted by atomic mass is 9.96. The second kappa shape index (κ2) is 8.16. The zero-order valence-corrected chi connectivity index (χ0v) is 19.2. The van der Waals surface area contributed by atoms with Gasteiger partial charge in [0, 0.05) is 48.0 Å². The van der Waals surface area contributed by atoms with E-state index in [0.717, 1.165) is 43.2 Å². The summed E-state index contributed by atoms with van der Waals surface area (Å²) in [5, 5.41) is 0.324. The highest BCUT2D eigenvalue weighted by atomic mass is 32.2. The number of hydrogen-bond donors (Lipinski definition) is 2. The summed E-state index contributed by atoms with van der Waals surface area (Å²) in [7, 11) is 0. The molecule has 35 heavy (non-hydrogen) atoms. The fourth-order valence-electron chi connectivity index (χ4n) is 5.36. The zero-order chi connectivity index (χ0) is 24.2. The summed E-state index contributed by atoms with van der Waals surface area (Å²) in [6, 6.07) is 8.79. The molecule has 2 fully saturated rings. The molecule has 2 aliphatic rings. The maximum atomic E-state index is 13.3. The first kappa shape index (κ1) is 22.2. The Morgan fingerprint density at radius 1 is 1.09 bits per heavy atom. The smallest absolute Gasteiger partial charge is 0.342 e. The molecule has 180 valence electrons. The van der Waals surface area contributed by atoms with Gasteiger partial charge in [-0.05, 0) is 42.5 Å². The first-order chi connectivity index (χ1) is 16.9. The number of nitrogens with two attached hydrogens (primary N) is 1. The second-order valence-corrected chi connectivity index (χ2v) is 9.86. The van der Waals surface area contributed by atoms with Crippen LogP contribution in [-0.4, -0.2) is 49.5 Å². The number of halogens is 3. The highest BCUT2D eigenvalue weighted by Crippen LogP contribution is 2.62. The van der Waals surface area contributed by atoms with E-state index < -0.39 is 11.9 Å². The van der Waals surface area contributed by atoms with Crippen molar-refractivity contribution in [2.75, 3.05) is 24.5 Å². The zero-order valence-electron chi connectivity index (χ0n) is 18.4. The monoisotopic (exact) mass is 498 g/mol. The first-order valence-electron chi connectivity index (χ1n) is 11.2. The summed E-state index contributed by atoms with van der Waals surface area (Å²) >= 11 is 0.870. The van der Waals surface area contributed by atoms with E-state index >= 15 is 0 Å². The van der Waals surface area contributed by atoms with Gasteiger partial charge in [0.25, 0.3) is 0 Å². The second-order valence-electron chi connectivity index (χ2n) is 8.80. The van der Waals surface area contributed by atoms with Gasteiger partial charge in [-0.15, -0.1) is 0 Å². The number of pyridine rings is 2. The molecule has 12 heteroatoms. The van der Waals surface area contributed by atoms with E-state index in [-0.39, 0.29) is 10.3 Å². The maximum Gasteiger partial charge on any atom is 0.434 e. The number of nitrogens with zero attached hydrogens (tertiary/aromatic N) is 6. The third-order valence-corrected chi connectivity index (χ3v) is 7.99. The van der Waals surface area contributed by atoms with Crippen LogP contribution in [0.15, 0.2) is 58.8 Å². The summed E-state index contributed by atoms with van der Waals surface area (Å²) in [4.78, 5) is 26.8. The number of piperidine rings is 1. The quantitative estimate of drug-likeness (QED) is 0.429. The van der Waals surface area contributed by atoms with Crippen LogP contribution in [0.3, 0.4) is 0 Å². The van der Waals surface area contributed by atoms with Gasteiger partial charge in [-0.2, -0.15) is 18.2 Å². The molecule has 3 atom stereocenters. The van der Waals surface area contributed by atoms with Gasteiger partial charge in [0.05, 0.1) is 6.20 Å². The van der Waals surface area contributed by atoms with E-state index in [1.165, 1.54) is 18.3 Å². The molecular formula is C23H21F3N8S. The molecule has 4 aromatic rings. The van der Waals surface area contributed by atoms with Crippen molar-refractivity contribution in [3.63, 3.8) is 0 Å². The van der Waals surface area contributed by atoms with Crippen LogP contribution in [-0.2, 0) is 11.6 Å². The summed E-state index contributed by atoms with van der Waals surface area (Å²) in [6.07, 6.45) is 0.783. The van der Waals surface area contributed by atoms with Crippen molar-refractivity contribution in [3.8, 4) is 0 Å². The van der Waals surface area contributed by atoms with Crippen molar-refractivity contribution in [2.45, 2.75) is 27.9 Å². The highest BCUT2D eigenvalue weighted by Gasteiger charge is 2.66. The van der Waals surface area contributed by atoms with Crippen LogP contribution in [0.25, 0.3) is 11.3 Å². The summed E-state index contributed by atoms with van der Waals surface area (Å²) in [6.45, 7) is 2.14. The Labute approximate surface area is 202 Å². The van der Waals surface area contributed by atoms with E-state index in [4.69, 9.17) is 5.73 Å². The van der Waals surface area contributed by atoms with Crippen LogP contribution in [0.5, 0.6) is 0 Å². The number of fused-ring (bicyclic) bond motifs is 2. The topological polar surface area (TPSA) is 110 Å². The SMILES string of the molecule is NC[C@]1(c2ccccn2)[C@@H]2CCN(c3nc4ncc(Sc5cccnc5C(F)(F)F)nc4[nH]3)C[C@@H]21. The minimum absolute atomic E-state index is 0.0307. The van der Waals surface area contributed by atoms with Crippen LogP contribution in [0.1, 0.15) is 17.8 Å². The number of anilines is 1. The van der Waals surface area contributed by atoms with E-state index in [1.54, 1.807) is 0 Å². The molecule has 0 bridgehead atoms. The molecule has 3 N–H and O–H groups in total. The van der Waals surface area contributed by atoms with Gasteiger partial charge in [-0.1, -0.05) is 17.8 Å². The molecule has 0 unspecified atom stereocenters. The van der Waals surface area contributed by atoms with Crippen molar-refractivity contribution in [1.82, 2.24) is 29.9 Å². The Balaban J connectivity index is 1.23. The van der Waals surface area contributed by atoms with Gasteiger partial charge < -0.3 is 15.6 Å². The van der Waals surface area contributed by atoms with Gasteiger partial charge >= 0.3 is 6.18 Å². The number of alkyl halides is 3. The van der Waals surface area contributed by atoms with Crippen LogP contribution >= 0.6 is 11.8 Å². The predicted octanol–water partition coefficient (Wildman–Crippen LogP) is 3.67. The Morgan fingerprint density at radius 3 is 2.71 bits per heavy atom. The molecule has 1 aliphatic carbocycles. The first-order valence-corrected chi connectivity index (χ1v) is 12.0. The number of nitrogens with one attached hydrogen (secondary N) is 1. The fraction of sp³-hybridized carbons (Fsp3) is 0.348. The van der Waals surface area contributed by atoms with Crippen molar-refractivity contribution >= 4 is 29.0 Å². The molecule has 4 aromatic heterocycles. The number of hydrogen-bond acceptors (Lipinski definition) is 8. The van der Waals surface area contributed by atoms with Gasteiger partial charge in [-0.3, -0.25) is 9.97 Å². The van der Waals surface area contributed by atoms with Crippen molar-refractivity contribution in [1.29, 1.82) is 0 Å². The normalized spacial score (nSPS) is 23.9. The lowest BCUT2D eigenvalue weighted by Gasteiger charge is -2.25. The van der Waals surface area contributed by atoms with Crippen LogP contribution in [0.2, 0.25) is 0 Å². The Hall–Kier alpha value is -3.25. The van der Waals surface area contributed by atoms with Gasteiger partial charge in [0.1, 0.15) is 5.03 Å². The Morgan fingerprint density at radius 2 is 1.94 bits per heavy atom. The van der Waals surface area contributed by atoms with Crippen LogP contribution in [0.4, 0.5) is 19.1 Å². The molecule has 1 saturated heterocycles. The molecule has 8 nitrogen and oxygen atoms in total. The van der Waals surface area contributed by atoms with Crippen LogP contribution < -0.4 is 10.6 Å². The highest BCUT2D eigenvalue weighted by molar-refractivity contribution is 7.99. The van der Waals surface area contributed by atoms with Crippen molar-refractivity contribution in [3.05, 3.63) is 60.3 Å². The molecule has 5 heterocycles. The van der Waals surface area contributed by atoms with E-state index in [9.17, 15) is 13.2 Å². The minimum atomic E-state index is -4.55. The molecular weight excluding hydrogens is 477 g/mol. The number of aromatic nitrogens is 6.